The van der Waals surface area contributed by atoms with E-state index in [4.69, 9.17) is 9.16 Å². The SMILES string of the molecule is CC/C=C(\C)[C@@H](O[Si](C)(C)C(C)(C)C)[C@@H](C)[C@@H](O)C/C=C(\C)C(=O)OC. The highest BCUT2D eigenvalue weighted by Gasteiger charge is 2.41. The fourth-order valence-corrected chi connectivity index (χ4v) is 3.89. The monoisotopic (exact) mass is 384 g/mol. The molecule has 5 heteroatoms. The number of methoxy groups -OCH3 is 1. The van der Waals surface area contributed by atoms with E-state index in [-0.39, 0.29) is 23.0 Å². The van der Waals surface area contributed by atoms with Gasteiger partial charge in [-0.25, -0.2) is 4.79 Å². The van der Waals surface area contributed by atoms with Crippen molar-refractivity contribution in [2.45, 2.75) is 91.6 Å². The number of esters is 1. The Kier molecular flexibility index (Phi) is 10.1. The molecule has 0 saturated carbocycles. The maximum absolute atomic E-state index is 11.5. The average Bonchev–Trinajstić information content (AvgIpc) is 2.54. The lowest BCUT2D eigenvalue weighted by Crippen LogP contribution is -2.47. The van der Waals surface area contributed by atoms with Crippen molar-refractivity contribution in [3.05, 3.63) is 23.3 Å². The first-order valence-electron chi connectivity index (χ1n) is 9.56. The fraction of sp³-hybridized carbons (Fsp3) is 0.762. The lowest BCUT2D eigenvalue weighted by molar-refractivity contribution is -0.136. The standard InChI is InChI=1S/C21H40O4Si/c1-11-12-15(2)19(25-26(9,10)21(5,6)7)17(4)18(22)14-13-16(3)20(23)24-8/h12-13,17-19,22H,11,14H2,1-10H3/b15-12+,16-13+/t17-,18-,19+/m0/s1. The Bertz CT molecular complexity index is 515. The molecule has 26 heavy (non-hydrogen) atoms. The molecule has 0 amide bonds. The molecule has 0 aliphatic carbocycles. The van der Waals surface area contributed by atoms with Crippen LogP contribution in [0.2, 0.25) is 18.1 Å². The van der Waals surface area contributed by atoms with Crippen LogP contribution >= 0.6 is 0 Å². The summed E-state index contributed by atoms with van der Waals surface area (Å²) < 4.78 is 11.4. The van der Waals surface area contributed by atoms with Gasteiger partial charge >= 0.3 is 5.97 Å². The summed E-state index contributed by atoms with van der Waals surface area (Å²) in [5.74, 6) is -0.436. The molecule has 1 N–H and O–H groups in total. The van der Waals surface area contributed by atoms with Gasteiger partial charge in [0.1, 0.15) is 0 Å². The Morgan fingerprint density at radius 1 is 1.19 bits per heavy atom. The molecule has 0 unspecified atom stereocenters. The number of carbonyl (C=O) groups excluding carboxylic acids is 1. The predicted octanol–water partition coefficient (Wildman–Crippen LogP) is 5.24. The lowest BCUT2D eigenvalue weighted by atomic mass is 9.90. The smallest absolute Gasteiger partial charge is 0.333 e. The van der Waals surface area contributed by atoms with E-state index in [1.807, 2.05) is 6.92 Å². The highest BCUT2D eigenvalue weighted by atomic mass is 28.4. The van der Waals surface area contributed by atoms with Crippen LogP contribution in [0.25, 0.3) is 0 Å². The van der Waals surface area contributed by atoms with Gasteiger partial charge in [0.15, 0.2) is 8.32 Å². The lowest BCUT2D eigenvalue weighted by Gasteiger charge is -2.42. The Morgan fingerprint density at radius 2 is 1.73 bits per heavy atom. The Labute approximate surface area is 161 Å². The van der Waals surface area contributed by atoms with E-state index >= 15 is 0 Å². The second-order valence-electron chi connectivity index (χ2n) is 8.70. The minimum atomic E-state index is -1.98. The summed E-state index contributed by atoms with van der Waals surface area (Å²) in [4.78, 5) is 11.5. The molecule has 0 spiro atoms. The van der Waals surface area contributed by atoms with Crippen LogP contribution in [0.4, 0.5) is 0 Å². The highest BCUT2D eigenvalue weighted by molar-refractivity contribution is 6.74. The van der Waals surface area contributed by atoms with Crippen LogP contribution in [0.5, 0.6) is 0 Å². The predicted molar refractivity (Wildman–Crippen MR) is 112 cm³/mol. The molecule has 0 aromatic heterocycles. The molecule has 152 valence electrons. The van der Waals surface area contributed by atoms with E-state index in [1.54, 1.807) is 13.0 Å². The van der Waals surface area contributed by atoms with Crippen LogP contribution in [0.1, 0.15) is 61.3 Å². The van der Waals surface area contributed by atoms with Gasteiger partial charge in [0, 0.05) is 11.5 Å². The van der Waals surface area contributed by atoms with E-state index in [0.717, 1.165) is 12.0 Å². The van der Waals surface area contributed by atoms with E-state index in [0.29, 0.717) is 12.0 Å². The van der Waals surface area contributed by atoms with Gasteiger partial charge in [0.05, 0.1) is 19.3 Å². The second kappa shape index (κ2) is 10.4. The van der Waals surface area contributed by atoms with Crippen molar-refractivity contribution in [2.24, 2.45) is 5.92 Å². The van der Waals surface area contributed by atoms with Gasteiger partial charge in [-0.2, -0.15) is 0 Å². The van der Waals surface area contributed by atoms with Gasteiger partial charge in [-0.1, -0.05) is 46.8 Å². The first-order valence-corrected chi connectivity index (χ1v) is 12.5. The van der Waals surface area contributed by atoms with E-state index in [2.05, 4.69) is 53.8 Å². The Morgan fingerprint density at radius 3 is 2.15 bits per heavy atom. The largest absolute Gasteiger partial charge is 0.466 e. The van der Waals surface area contributed by atoms with E-state index in [1.165, 1.54) is 7.11 Å². The summed E-state index contributed by atoms with van der Waals surface area (Å²) in [5.41, 5.74) is 1.68. The number of aliphatic hydroxyl groups excluding tert-OH is 1. The van der Waals surface area contributed by atoms with Crippen LogP contribution in [0.15, 0.2) is 23.3 Å². The van der Waals surface area contributed by atoms with Crippen molar-refractivity contribution in [3.8, 4) is 0 Å². The van der Waals surface area contributed by atoms with Crippen LogP contribution in [-0.4, -0.2) is 38.7 Å². The Balaban J connectivity index is 5.44. The number of allylic oxidation sites excluding steroid dienone is 1. The number of hydrogen-bond donors (Lipinski definition) is 1. The molecule has 0 rings (SSSR count). The molecule has 0 aromatic carbocycles. The number of hydrogen-bond acceptors (Lipinski definition) is 4. The summed E-state index contributed by atoms with van der Waals surface area (Å²) in [6.07, 6.45) is 4.54. The molecule has 0 aliphatic rings. The van der Waals surface area contributed by atoms with Crippen LogP contribution in [0, 0.1) is 5.92 Å². The zero-order valence-electron chi connectivity index (χ0n) is 18.5. The van der Waals surface area contributed by atoms with Gasteiger partial charge in [0.2, 0.25) is 0 Å². The molecular weight excluding hydrogens is 344 g/mol. The van der Waals surface area contributed by atoms with Crippen molar-refractivity contribution < 1.29 is 19.1 Å². The molecular formula is C21H40O4Si. The topological polar surface area (TPSA) is 55.8 Å². The van der Waals surface area contributed by atoms with Crippen molar-refractivity contribution in [1.29, 1.82) is 0 Å². The first-order chi connectivity index (χ1) is 11.8. The van der Waals surface area contributed by atoms with Crippen molar-refractivity contribution in [3.63, 3.8) is 0 Å². The van der Waals surface area contributed by atoms with Crippen LogP contribution in [0.3, 0.4) is 0 Å². The summed E-state index contributed by atoms with van der Waals surface area (Å²) in [7, 11) is -0.617. The molecule has 0 aliphatic heterocycles. The van der Waals surface area contributed by atoms with E-state index < -0.39 is 14.4 Å². The fourth-order valence-electron chi connectivity index (χ4n) is 2.51. The Hall–Kier alpha value is -0.913. The first kappa shape index (κ1) is 25.1. The third-order valence-electron chi connectivity index (χ3n) is 5.46. The molecule has 0 fully saturated rings. The molecule has 0 heterocycles. The van der Waals surface area contributed by atoms with Gasteiger partial charge in [-0.15, -0.1) is 0 Å². The number of rotatable bonds is 9. The maximum Gasteiger partial charge on any atom is 0.333 e. The van der Waals surface area contributed by atoms with Crippen molar-refractivity contribution in [2.75, 3.05) is 7.11 Å². The number of ether oxygens (including phenoxy) is 1. The van der Waals surface area contributed by atoms with Crippen molar-refractivity contribution in [1.82, 2.24) is 0 Å². The van der Waals surface area contributed by atoms with Crippen molar-refractivity contribution >= 4 is 14.3 Å². The normalized spacial score (nSPS) is 17.7. The second-order valence-corrected chi connectivity index (χ2v) is 13.5. The average molecular weight is 385 g/mol. The highest BCUT2D eigenvalue weighted by Crippen LogP contribution is 2.39. The minimum Gasteiger partial charge on any atom is -0.466 e. The zero-order chi connectivity index (χ0) is 20.7. The number of carbonyl (C=O) groups is 1. The summed E-state index contributed by atoms with van der Waals surface area (Å²) in [6.45, 7) is 19.1. The van der Waals surface area contributed by atoms with Crippen LogP contribution in [-0.2, 0) is 14.0 Å². The quantitative estimate of drug-likeness (QED) is 0.256. The summed E-state index contributed by atoms with van der Waals surface area (Å²) in [6, 6.07) is 0. The molecule has 4 nitrogen and oxygen atoms in total. The van der Waals surface area contributed by atoms with Crippen LogP contribution < -0.4 is 0 Å². The molecule has 0 aromatic rings. The maximum atomic E-state index is 11.5. The molecule has 3 atom stereocenters. The number of aliphatic hydroxyl groups is 1. The molecule has 0 saturated heterocycles. The minimum absolute atomic E-state index is 0.0754. The van der Waals surface area contributed by atoms with Gasteiger partial charge in [-0.05, 0) is 50.4 Å². The van der Waals surface area contributed by atoms with Gasteiger partial charge in [0.25, 0.3) is 0 Å². The third kappa shape index (κ3) is 7.37. The van der Waals surface area contributed by atoms with E-state index in [9.17, 15) is 9.90 Å². The molecule has 0 radical (unpaired) electrons. The van der Waals surface area contributed by atoms with Gasteiger partial charge in [-0.3, -0.25) is 0 Å². The third-order valence-corrected chi connectivity index (χ3v) is 9.92. The summed E-state index contributed by atoms with van der Waals surface area (Å²) >= 11 is 0. The molecule has 0 bridgehead atoms. The zero-order valence-corrected chi connectivity index (χ0v) is 19.5. The van der Waals surface area contributed by atoms with Gasteiger partial charge < -0.3 is 14.3 Å². The summed E-state index contributed by atoms with van der Waals surface area (Å²) in [5, 5.41) is 10.8.